The monoisotopic (exact) mass is 297 g/mol. The standard InChI is InChI=1S/C11H7NO4Se/c13-8(3-4-10(14)15)6-1-2-7-9(5-6)17-11(16)12-7/h1-5H,(H,12,16)(H,14,15). The van der Waals surface area contributed by atoms with Crippen LogP contribution in [-0.4, -0.2) is 36.3 Å². The average Bonchev–Trinajstić information content (AvgIpc) is 2.64. The molecule has 2 aromatic rings. The summed E-state index contributed by atoms with van der Waals surface area (Å²) in [4.78, 5) is 35.7. The fourth-order valence-electron chi connectivity index (χ4n) is 1.34. The number of aromatic amines is 1. The molecule has 0 saturated carbocycles. The quantitative estimate of drug-likeness (QED) is 0.488. The van der Waals surface area contributed by atoms with E-state index in [0.717, 1.165) is 21.9 Å². The normalized spacial score (nSPS) is 11.1. The molecule has 1 aromatic heterocycles. The summed E-state index contributed by atoms with van der Waals surface area (Å²) >= 11 is -0.317. The van der Waals surface area contributed by atoms with Gasteiger partial charge in [0.1, 0.15) is 0 Å². The Morgan fingerprint density at radius 2 is 2.06 bits per heavy atom. The van der Waals surface area contributed by atoms with Crippen LogP contribution in [0, 0.1) is 0 Å². The number of carbonyl (C=O) groups is 2. The summed E-state index contributed by atoms with van der Waals surface area (Å²) in [6.45, 7) is 0. The average molecular weight is 296 g/mol. The van der Waals surface area contributed by atoms with Gasteiger partial charge in [-0.05, 0) is 0 Å². The van der Waals surface area contributed by atoms with Crippen molar-refractivity contribution in [3.8, 4) is 0 Å². The summed E-state index contributed by atoms with van der Waals surface area (Å²) < 4.78 is 0.773. The Morgan fingerprint density at radius 1 is 1.29 bits per heavy atom. The Morgan fingerprint density at radius 3 is 2.76 bits per heavy atom. The molecule has 0 atom stereocenters. The van der Waals surface area contributed by atoms with Crippen LogP contribution in [-0.2, 0) is 4.79 Å². The molecule has 86 valence electrons. The van der Waals surface area contributed by atoms with Gasteiger partial charge in [0.25, 0.3) is 0 Å². The van der Waals surface area contributed by atoms with Crippen LogP contribution in [0.4, 0.5) is 0 Å². The number of aromatic nitrogens is 1. The molecule has 0 fully saturated rings. The number of carboxylic acids is 1. The van der Waals surface area contributed by atoms with Crippen LogP contribution in [0.15, 0.2) is 35.1 Å². The van der Waals surface area contributed by atoms with Crippen LogP contribution in [0.2, 0.25) is 0 Å². The van der Waals surface area contributed by atoms with E-state index in [1.54, 1.807) is 18.2 Å². The molecule has 0 saturated heterocycles. The first-order chi connectivity index (χ1) is 8.06. The third-order valence-electron chi connectivity index (χ3n) is 2.08. The van der Waals surface area contributed by atoms with Crippen molar-refractivity contribution in [2.75, 3.05) is 0 Å². The number of benzene rings is 1. The first-order valence-electron chi connectivity index (χ1n) is 4.64. The Bertz CT molecular complexity index is 680. The van der Waals surface area contributed by atoms with Crippen LogP contribution < -0.4 is 4.43 Å². The fraction of sp³-hybridized carbons (Fsp3) is 0. The molecule has 5 nitrogen and oxygen atoms in total. The molecule has 0 aliphatic carbocycles. The second-order valence-corrected chi connectivity index (χ2v) is 5.39. The van der Waals surface area contributed by atoms with Crippen molar-refractivity contribution < 1.29 is 14.7 Å². The van der Waals surface area contributed by atoms with Crippen LogP contribution in [0.25, 0.3) is 9.78 Å². The molecule has 1 heterocycles. The Kier molecular flexibility index (Phi) is 3.08. The number of nitrogens with one attached hydrogen (secondary N) is 1. The van der Waals surface area contributed by atoms with Gasteiger partial charge < -0.3 is 0 Å². The zero-order chi connectivity index (χ0) is 12.4. The van der Waals surface area contributed by atoms with Gasteiger partial charge in [-0.1, -0.05) is 0 Å². The number of fused-ring (bicyclic) bond motifs is 1. The molecule has 17 heavy (non-hydrogen) atoms. The zero-order valence-electron chi connectivity index (χ0n) is 8.47. The van der Waals surface area contributed by atoms with Crippen molar-refractivity contribution in [2.45, 2.75) is 0 Å². The van der Waals surface area contributed by atoms with E-state index in [9.17, 15) is 14.4 Å². The molecule has 0 amide bonds. The van der Waals surface area contributed by atoms with E-state index in [-0.39, 0.29) is 24.7 Å². The van der Waals surface area contributed by atoms with Crippen LogP contribution >= 0.6 is 0 Å². The van der Waals surface area contributed by atoms with Gasteiger partial charge in [0.15, 0.2) is 0 Å². The van der Waals surface area contributed by atoms with Gasteiger partial charge in [0.05, 0.1) is 0 Å². The molecule has 0 radical (unpaired) electrons. The van der Waals surface area contributed by atoms with Gasteiger partial charge in [-0.15, -0.1) is 0 Å². The van der Waals surface area contributed by atoms with E-state index >= 15 is 0 Å². The number of H-pyrrole nitrogens is 1. The Hall–Kier alpha value is -1.91. The molecular formula is C11H7NO4Se. The van der Waals surface area contributed by atoms with E-state index < -0.39 is 5.97 Å². The first kappa shape index (κ1) is 11.6. The zero-order valence-corrected chi connectivity index (χ0v) is 10.2. The number of aliphatic carboxylic acids is 1. The van der Waals surface area contributed by atoms with E-state index in [2.05, 4.69) is 4.98 Å². The molecule has 0 bridgehead atoms. The van der Waals surface area contributed by atoms with Crippen molar-refractivity contribution in [2.24, 2.45) is 0 Å². The molecule has 0 aliphatic rings. The minimum absolute atomic E-state index is 0.0434. The molecule has 6 heteroatoms. The summed E-state index contributed by atoms with van der Waals surface area (Å²) in [5.41, 5.74) is 1.12. The number of hydrogen-bond acceptors (Lipinski definition) is 3. The summed E-state index contributed by atoms with van der Waals surface area (Å²) in [5, 5.41) is 8.41. The van der Waals surface area contributed by atoms with Gasteiger partial charge in [0, 0.05) is 0 Å². The van der Waals surface area contributed by atoms with E-state index in [0.29, 0.717) is 5.56 Å². The number of hydrogen-bond donors (Lipinski definition) is 2. The van der Waals surface area contributed by atoms with E-state index in [4.69, 9.17) is 5.11 Å². The van der Waals surface area contributed by atoms with Gasteiger partial charge in [-0.2, -0.15) is 0 Å². The van der Waals surface area contributed by atoms with Crippen molar-refractivity contribution in [1.29, 1.82) is 0 Å². The summed E-state index contributed by atoms with van der Waals surface area (Å²) in [6, 6.07) is 4.85. The van der Waals surface area contributed by atoms with Crippen molar-refractivity contribution in [3.05, 3.63) is 45.1 Å². The van der Waals surface area contributed by atoms with Crippen LogP contribution in [0.1, 0.15) is 10.4 Å². The first-order valence-corrected chi connectivity index (χ1v) is 6.36. The summed E-state index contributed by atoms with van der Waals surface area (Å²) in [7, 11) is 0. The molecular weight excluding hydrogens is 289 g/mol. The Balaban J connectivity index is 2.39. The number of carbonyl (C=O) groups excluding carboxylic acids is 1. The third-order valence-corrected chi connectivity index (χ3v) is 3.86. The Labute approximate surface area is 101 Å². The van der Waals surface area contributed by atoms with Crippen molar-refractivity contribution in [3.63, 3.8) is 0 Å². The maximum atomic E-state index is 11.6. The molecule has 0 aliphatic heterocycles. The van der Waals surface area contributed by atoms with E-state index in [1.165, 1.54) is 0 Å². The van der Waals surface area contributed by atoms with Gasteiger partial charge in [-0.25, -0.2) is 0 Å². The van der Waals surface area contributed by atoms with E-state index in [1.807, 2.05) is 0 Å². The number of allylic oxidation sites excluding steroid dienone is 1. The topological polar surface area (TPSA) is 87.2 Å². The predicted octanol–water partition coefficient (Wildman–Crippen LogP) is 0.409. The second kappa shape index (κ2) is 4.53. The second-order valence-electron chi connectivity index (χ2n) is 3.26. The summed E-state index contributed by atoms with van der Waals surface area (Å²) in [6.07, 6.45) is 1.80. The number of carboxylic acid groups (broad SMARTS) is 1. The van der Waals surface area contributed by atoms with Crippen molar-refractivity contribution >= 4 is 36.0 Å². The van der Waals surface area contributed by atoms with Gasteiger partial charge in [0.2, 0.25) is 0 Å². The molecule has 0 spiro atoms. The van der Waals surface area contributed by atoms with Crippen molar-refractivity contribution in [1.82, 2.24) is 4.98 Å². The summed E-state index contributed by atoms with van der Waals surface area (Å²) in [5.74, 6) is -1.55. The molecule has 0 unspecified atom stereocenters. The number of ketones is 1. The fourth-order valence-corrected chi connectivity index (χ4v) is 2.97. The maximum absolute atomic E-state index is 11.6. The SMILES string of the molecule is O=C(O)C=CC(=O)c1ccc2[nH]c(=O)[se]c2c1. The third kappa shape index (κ3) is 2.61. The molecule has 1 aromatic carbocycles. The molecule has 2 rings (SSSR count). The minimum atomic E-state index is -1.17. The van der Waals surface area contributed by atoms with Crippen LogP contribution in [0.5, 0.6) is 0 Å². The predicted molar refractivity (Wildman–Crippen MR) is 62.6 cm³/mol. The van der Waals surface area contributed by atoms with Gasteiger partial charge in [-0.3, -0.25) is 0 Å². The van der Waals surface area contributed by atoms with Gasteiger partial charge >= 0.3 is 101 Å². The molecule has 2 N–H and O–H groups in total. The number of rotatable bonds is 3. The van der Waals surface area contributed by atoms with Crippen LogP contribution in [0.3, 0.4) is 0 Å².